The smallest absolute Gasteiger partial charge is 0.306 e. The van der Waals surface area contributed by atoms with Gasteiger partial charge in [0.1, 0.15) is 0 Å². The van der Waals surface area contributed by atoms with Crippen molar-refractivity contribution in [3.05, 3.63) is 29.3 Å². The minimum absolute atomic E-state index is 0.218. The van der Waals surface area contributed by atoms with Crippen molar-refractivity contribution in [2.75, 3.05) is 18.0 Å². The molecule has 0 spiro atoms. The van der Waals surface area contributed by atoms with E-state index in [2.05, 4.69) is 0 Å². The fourth-order valence-corrected chi connectivity index (χ4v) is 2.62. The summed E-state index contributed by atoms with van der Waals surface area (Å²) in [5.41, 5.74) is -0.224. The lowest BCUT2D eigenvalue weighted by atomic mass is 9.89. The standard InChI is InChI=1S/C13H16ClNO3/c14-10-3-1-4-11(7-10)15-6-2-5-13(18,9-15)8-12(16)17/h1,3-4,7,18H,2,5-6,8-9H2,(H,16,17). The Hall–Kier alpha value is -1.26. The minimum Gasteiger partial charge on any atom is -0.481 e. The molecule has 5 heteroatoms. The molecule has 0 aliphatic carbocycles. The molecule has 1 heterocycles. The third-order valence-corrected chi connectivity index (χ3v) is 3.44. The van der Waals surface area contributed by atoms with Crippen molar-refractivity contribution >= 4 is 23.3 Å². The molecule has 1 atom stereocenters. The van der Waals surface area contributed by atoms with Crippen molar-refractivity contribution in [1.29, 1.82) is 0 Å². The van der Waals surface area contributed by atoms with Gasteiger partial charge in [-0.05, 0) is 31.0 Å². The zero-order valence-corrected chi connectivity index (χ0v) is 10.7. The zero-order chi connectivity index (χ0) is 13.2. The lowest BCUT2D eigenvalue weighted by Gasteiger charge is -2.39. The van der Waals surface area contributed by atoms with Gasteiger partial charge in [0.25, 0.3) is 0 Å². The fraction of sp³-hybridized carbons (Fsp3) is 0.462. The molecule has 2 rings (SSSR count). The van der Waals surface area contributed by atoms with Crippen LogP contribution in [0.15, 0.2) is 24.3 Å². The number of benzene rings is 1. The second kappa shape index (κ2) is 5.16. The number of anilines is 1. The van der Waals surface area contributed by atoms with Gasteiger partial charge in [-0.3, -0.25) is 4.79 Å². The molecule has 0 amide bonds. The summed E-state index contributed by atoms with van der Waals surface area (Å²) >= 11 is 5.94. The molecule has 0 bridgehead atoms. The maximum atomic E-state index is 10.8. The summed E-state index contributed by atoms with van der Waals surface area (Å²) in [5.74, 6) is -0.967. The summed E-state index contributed by atoms with van der Waals surface area (Å²) in [7, 11) is 0. The van der Waals surface area contributed by atoms with Crippen LogP contribution in [-0.2, 0) is 4.79 Å². The number of hydrogen-bond acceptors (Lipinski definition) is 3. The van der Waals surface area contributed by atoms with Crippen LogP contribution in [0.4, 0.5) is 5.69 Å². The van der Waals surface area contributed by atoms with Gasteiger partial charge in [0, 0.05) is 23.8 Å². The van der Waals surface area contributed by atoms with Crippen LogP contribution < -0.4 is 4.90 Å². The Balaban J connectivity index is 2.13. The Morgan fingerprint density at radius 3 is 2.94 bits per heavy atom. The van der Waals surface area contributed by atoms with E-state index in [1.54, 1.807) is 6.07 Å². The van der Waals surface area contributed by atoms with E-state index < -0.39 is 11.6 Å². The normalized spacial score (nSPS) is 24.0. The number of piperidine rings is 1. The van der Waals surface area contributed by atoms with E-state index in [9.17, 15) is 9.90 Å². The molecule has 98 valence electrons. The van der Waals surface area contributed by atoms with E-state index in [1.807, 2.05) is 23.1 Å². The highest BCUT2D eigenvalue weighted by Crippen LogP contribution is 2.29. The highest BCUT2D eigenvalue weighted by Gasteiger charge is 2.35. The van der Waals surface area contributed by atoms with Crippen LogP contribution in [0.2, 0.25) is 5.02 Å². The van der Waals surface area contributed by atoms with Gasteiger partial charge < -0.3 is 15.1 Å². The Bertz CT molecular complexity index is 452. The largest absolute Gasteiger partial charge is 0.481 e. The molecule has 1 aromatic rings. The molecule has 2 N–H and O–H groups in total. The number of aliphatic hydroxyl groups is 1. The molecule has 1 aliphatic rings. The van der Waals surface area contributed by atoms with E-state index in [-0.39, 0.29) is 6.42 Å². The number of hydrogen-bond donors (Lipinski definition) is 2. The van der Waals surface area contributed by atoms with Gasteiger partial charge >= 0.3 is 5.97 Å². The average molecular weight is 270 g/mol. The second-order valence-corrected chi connectivity index (χ2v) is 5.24. The Morgan fingerprint density at radius 1 is 1.50 bits per heavy atom. The number of aliphatic carboxylic acids is 1. The van der Waals surface area contributed by atoms with Gasteiger partial charge in [0.05, 0.1) is 12.0 Å². The first-order valence-electron chi connectivity index (χ1n) is 5.93. The summed E-state index contributed by atoms with van der Waals surface area (Å²) in [6.07, 6.45) is 1.08. The van der Waals surface area contributed by atoms with Crippen LogP contribution in [0.3, 0.4) is 0 Å². The third-order valence-electron chi connectivity index (χ3n) is 3.21. The summed E-state index contributed by atoms with van der Waals surface area (Å²) in [6, 6.07) is 7.38. The molecule has 1 fully saturated rings. The SMILES string of the molecule is O=C(O)CC1(O)CCCN(c2cccc(Cl)c2)C1. The van der Waals surface area contributed by atoms with Crippen LogP contribution in [0.1, 0.15) is 19.3 Å². The van der Waals surface area contributed by atoms with Crippen molar-refractivity contribution in [3.63, 3.8) is 0 Å². The van der Waals surface area contributed by atoms with Gasteiger partial charge in [-0.1, -0.05) is 17.7 Å². The first kappa shape index (κ1) is 13.2. The van der Waals surface area contributed by atoms with Gasteiger partial charge in [-0.25, -0.2) is 0 Å². The maximum Gasteiger partial charge on any atom is 0.306 e. The average Bonchev–Trinajstić information content (AvgIpc) is 2.27. The molecule has 1 aromatic carbocycles. The first-order chi connectivity index (χ1) is 8.48. The molecule has 4 nitrogen and oxygen atoms in total. The Morgan fingerprint density at radius 2 is 2.28 bits per heavy atom. The predicted octanol–water partition coefficient (Wildman–Crippen LogP) is 2.15. The van der Waals surface area contributed by atoms with E-state index >= 15 is 0 Å². The van der Waals surface area contributed by atoms with Crippen molar-refractivity contribution in [2.45, 2.75) is 24.9 Å². The monoisotopic (exact) mass is 269 g/mol. The Labute approximate surface area is 111 Å². The van der Waals surface area contributed by atoms with Gasteiger partial charge in [-0.15, -0.1) is 0 Å². The first-order valence-corrected chi connectivity index (χ1v) is 6.31. The van der Waals surface area contributed by atoms with E-state index in [1.165, 1.54) is 0 Å². The molecular weight excluding hydrogens is 254 g/mol. The summed E-state index contributed by atoms with van der Waals surface area (Å²) in [4.78, 5) is 12.8. The van der Waals surface area contributed by atoms with Crippen molar-refractivity contribution in [2.24, 2.45) is 0 Å². The van der Waals surface area contributed by atoms with Crippen molar-refractivity contribution in [1.82, 2.24) is 0 Å². The third kappa shape index (κ3) is 3.15. The van der Waals surface area contributed by atoms with Crippen LogP contribution in [0.25, 0.3) is 0 Å². The highest BCUT2D eigenvalue weighted by atomic mass is 35.5. The quantitative estimate of drug-likeness (QED) is 0.883. The minimum atomic E-state index is -1.15. The fourth-order valence-electron chi connectivity index (χ4n) is 2.43. The highest BCUT2D eigenvalue weighted by molar-refractivity contribution is 6.30. The molecular formula is C13H16ClNO3. The van der Waals surface area contributed by atoms with Crippen molar-refractivity contribution < 1.29 is 15.0 Å². The summed E-state index contributed by atoms with van der Waals surface area (Å²) in [5, 5.41) is 19.8. The second-order valence-electron chi connectivity index (χ2n) is 4.80. The molecule has 18 heavy (non-hydrogen) atoms. The number of rotatable bonds is 3. The van der Waals surface area contributed by atoms with Gasteiger partial charge in [0.2, 0.25) is 0 Å². The number of nitrogens with zero attached hydrogens (tertiary/aromatic N) is 1. The molecule has 1 aliphatic heterocycles. The molecule has 1 saturated heterocycles. The Kier molecular flexibility index (Phi) is 3.78. The number of halogens is 1. The van der Waals surface area contributed by atoms with Gasteiger partial charge in [-0.2, -0.15) is 0 Å². The van der Waals surface area contributed by atoms with E-state index in [0.29, 0.717) is 18.0 Å². The predicted molar refractivity (Wildman–Crippen MR) is 70.1 cm³/mol. The summed E-state index contributed by atoms with van der Waals surface area (Å²) in [6.45, 7) is 1.14. The van der Waals surface area contributed by atoms with Crippen LogP contribution >= 0.6 is 11.6 Å². The topological polar surface area (TPSA) is 60.8 Å². The summed E-state index contributed by atoms with van der Waals surface area (Å²) < 4.78 is 0. The number of carbonyl (C=O) groups is 1. The number of carboxylic acids is 1. The number of β-amino-alcohol motifs (C(OH)–C–C–N with tert-alkyl or cyclic N) is 1. The number of carboxylic acid groups (broad SMARTS) is 1. The van der Waals surface area contributed by atoms with Crippen LogP contribution in [0.5, 0.6) is 0 Å². The van der Waals surface area contributed by atoms with Crippen molar-refractivity contribution in [3.8, 4) is 0 Å². The van der Waals surface area contributed by atoms with Gasteiger partial charge in [0.15, 0.2) is 0 Å². The molecule has 1 unspecified atom stereocenters. The molecule has 0 radical (unpaired) electrons. The van der Waals surface area contributed by atoms with Crippen LogP contribution in [0, 0.1) is 0 Å². The maximum absolute atomic E-state index is 10.8. The lowest BCUT2D eigenvalue weighted by Crippen LogP contribution is -2.49. The van der Waals surface area contributed by atoms with E-state index in [4.69, 9.17) is 16.7 Å². The van der Waals surface area contributed by atoms with E-state index in [0.717, 1.165) is 18.7 Å². The molecule has 0 saturated carbocycles. The lowest BCUT2D eigenvalue weighted by molar-refractivity contribution is -0.142. The molecule has 0 aromatic heterocycles. The zero-order valence-electron chi connectivity index (χ0n) is 9.97. The van der Waals surface area contributed by atoms with Crippen LogP contribution in [-0.4, -0.2) is 34.9 Å².